The van der Waals surface area contributed by atoms with Crippen molar-refractivity contribution < 1.29 is 28.4 Å². The number of hydrogen-bond donors (Lipinski definition) is 2. The van der Waals surface area contributed by atoms with Crippen LogP contribution >= 0.6 is 6.34 Å². The minimum atomic E-state index is -2.31. The van der Waals surface area contributed by atoms with Crippen LogP contribution in [-0.4, -0.2) is 60.5 Å². The normalized spacial score (nSPS) is 17.9. The SMILES string of the molecule is COc1c2cc(C)cc1NP(C)(=S)Nc1cc(C)cc(c1OC)COCCOCCOCCOC2. The summed E-state index contributed by atoms with van der Waals surface area (Å²) in [6, 6.07) is 8.22. The van der Waals surface area contributed by atoms with E-state index in [2.05, 4.69) is 22.3 Å². The van der Waals surface area contributed by atoms with Crippen LogP contribution in [0.5, 0.6) is 11.5 Å². The van der Waals surface area contributed by atoms with Crippen molar-refractivity contribution in [2.75, 3.05) is 70.7 Å². The Morgan fingerprint density at radius 3 is 1.43 bits per heavy atom. The number of ether oxygens (including phenoxy) is 6. The van der Waals surface area contributed by atoms with Crippen LogP contribution in [0.4, 0.5) is 11.4 Å². The second-order valence-corrected chi connectivity index (χ2v) is 13.0. The summed E-state index contributed by atoms with van der Waals surface area (Å²) in [5, 5.41) is 7.07. The first-order valence-corrected chi connectivity index (χ1v) is 14.9. The lowest BCUT2D eigenvalue weighted by Gasteiger charge is -2.26. The number of fused-ring (bicyclic) bond motifs is 4. The Morgan fingerprint density at radius 2 is 1.06 bits per heavy atom. The molecule has 3 rings (SSSR count). The van der Waals surface area contributed by atoms with Crippen molar-refractivity contribution in [1.29, 1.82) is 0 Å². The van der Waals surface area contributed by atoms with Gasteiger partial charge in [0.1, 0.15) is 17.8 Å². The standard InChI is InChI=1S/C25H37N2O6PS/c1-18-12-20-16-32-10-8-30-6-7-31-9-11-33-17-21-13-19(2)15-23(25(21)29-4)27-34(5,35)26-22(14-18)24(20)28-3/h12-15H,6-11,16-17H2,1-5H3,(H2,26,27,35). The van der Waals surface area contributed by atoms with Gasteiger partial charge in [-0.2, -0.15) is 0 Å². The molecule has 2 aromatic carbocycles. The zero-order valence-electron chi connectivity index (χ0n) is 21.3. The summed E-state index contributed by atoms with van der Waals surface area (Å²) in [6.07, 6.45) is -2.31. The van der Waals surface area contributed by atoms with E-state index in [0.717, 1.165) is 45.1 Å². The topological polar surface area (TPSA) is 79.4 Å². The minimum Gasteiger partial charge on any atom is -0.494 e. The monoisotopic (exact) mass is 524 g/mol. The fraction of sp³-hybridized carbons (Fsp3) is 0.520. The minimum absolute atomic E-state index is 0.409. The molecule has 2 aromatic rings. The van der Waals surface area contributed by atoms with Crippen molar-refractivity contribution in [3.8, 4) is 11.5 Å². The van der Waals surface area contributed by atoms with E-state index in [1.165, 1.54) is 0 Å². The zero-order chi connectivity index (χ0) is 25.3. The molecule has 0 radical (unpaired) electrons. The third-order valence-electron chi connectivity index (χ3n) is 5.33. The molecule has 2 N–H and O–H groups in total. The van der Waals surface area contributed by atoms with E-state index in [-0.39, 0.29) is 0 Å². The molecular formula is C25H37N2O6PS. The Bertz CT molecular complexity index is 958. The molecule has 0 atom stereocenters. The van der Waals surface area contributed by atoms with E-state index in [1.54, 1.807) is 14.2 Å². The number of rotatable bonds is 2. The smallest absolute Gasteiger partial charge is 0.147 e. The fourth-order valence-electron chi connectivity index (χ4n) is 3.97. The van der Waals surface area contributed by atoms with Gasteiger partial charge in [-0.15, -0.1) is 0 Å². The van der Waals surface area contributed by atoms with Crippen LogP contribution in [0, 0.1) is 13.8 Å². The lowest BCUT2D eigenvalue weighted by atomic mass is 10.1. The first kappa shape index (κ1) is 27.7. The Morgan fingerprint density at radius 1 is 0.686 bits per heavy atom. The number of benzene rings is 2. The van der Waals surface area contributed by atoms with Crippen molar-refractivity contribution in [2.24, 2.45) is 0 Å². The Balaban J connectivity index is 1.93. The summed E-state index contributed by atoms with van der Waals surface area (Å²) in [6.45, 7) is 9.86. The van der Waals surface area contributed by atoms with E-state index in [9.17, 15) is 0 Å². The molecule has 1 heterocycles. The molecule has 0 unspecified atom stereocenters. The molecular weight excluding hydrogens is 487 g/mol. The second-order valence-electron chi connectivity index (χ2n) is 8.49. The summed E-state index contributed by atoms with van der Waals surface area (Å²) in [4.78, 5) is 0. The lowest BCUT2D eigenvalue weighted by Crippen LogP contribution is -2.12. The van der Waals surface area contributed by atoms with Gasteiger partial charge >= 0.3 is 0 Å². The molecule has 194 valence electrons. The number of anilines is 2. The van der Waals surface area contributed by atoms with Crippen molar-refractivity contribution in [3.63, 3.8) is 0 Å². The van der Waals surface area contributed by atoms with Crippen LogP contribution in [0.1, 0.15) is 22.3 Å². The highest BCUT2D eigenvalue weighted by Crippen LogP contribution is 2.48. The van der Waals surface area contributed by atoms with Crippen LogP contribution in [0.2, 0.25) is 0 Å². The van der Waals surface area contributed by atoms with Crippen LogP contribution < -0.4 is 19.6 Å². The van der Waals surface area contributed by atoms with Crippen molar-refractivity contribution >= 4 is 29.5 Å². The van der Waals surface area contributed by atoms with Gasteiger partial charge in [0, 0.05) is 11.1 Å². The van der Waals surface area contributed by atoms with Gasteiger partial charge in [-0.3, -0.25) is 0 Å². The number of nitrogens with one attached hydrogen (secondary N) is 2. The summed E-state index contributed by atoms with van der Waals surface area (Å²) in [5.41, 5.74) is 5.74. The number of methoxy groups -OCH3 is 2. The van der Waals surface area contributed by atoms with E-state index in [1.807, 2.05) is 32.6 Å². The second kappa shape index (κ2) is 13.4. The van der Waals surface area contributed by atoms with E-state index in [0.29, 0.717) is 52.9 Å². The maximum absolute atomic E-state index is 6.03. The highest BCUT2D eigenvalue weighted by molar-refractivity contribution is 8.15. The van der Waals surface area contributed by atoms with Crippen molar-refractivity contribution in [3.05, 3.63) is 46.5 Å². The predicted octanol–water partition coefficient (Wildman–Crippen LogP) is 4.86. The zero-order valence-corrected chi connectivity index (χ0v) is 23.0. The first-order chi connectivity index (χ1) is 16.8. The summed E-state index contributed by atoms with van der Waals surface area (Å²) in [7, 11) is 3.32. The molecule has 1 aliphatic rings. The van der Waals surface area contributed by atoms with Gasteiger partial charge in [-0.1, -0.05) is 11.8 Å². The Hall–Kier alpha value is -1.87. The van der Waals surface area contributed by atoms with Crippen LogP contribution in [0.25, 0.3) is 0 Å². The third kappa shape index (κ3) is 8.34. The maximum Gasteiger partial charge on any atom is 0.147 e. The van der Waals surface area contributed by atoms with Crippen LogP contribution in [0.15, 0.2) is 24.3 Å². The average Bonchev–Trinajstić information content (AvgIpc) is 2.78. The van der Waals surface area contributed by atoms with E-state index >= 15 is 0 Å². The maximum atomic E-state index is 6.03. The average molecular weight is 525 g/mol. The molecule has 0 aliphatic carbocycles. The van der Waals surface area contributed by atoms with Gasteiger partial charge < -0.3 is 38.6 Å². The molecule has 0 amide bonds. The predicted molar refractivity (Wildman–Crippen MR) is 144 cm³/mol. The fourth-order valence-corrected chi connectivity index (χ4v) is 5.87. The van der Waals surface area contributed by atoms with Gasteiger partial charge in [0.2, 0.25) is 0 Å². The molecule has 0 aromatic heterocycles. The molecule has 8 nitrogen and oxygen atoms in total. The van der Waals surface area contributed by atoms with Crippen LogP contribution in [-0.2, 0) is 44.0 Å². The van der Waals surface area contributed by atoms with Crippen molar-refractivity contribution in [1.82, 2.24) is 0 Å². The van der Waals surface area contributed by atoms with Crippen LogP contribution in [0.3, 0.4) is 0 Å². The number of hydrogen-bond acceptors (Lipinski definition) is 7. The Kier molecular flexibility index (Phi) is 10.6. The molecule has 0 saturated carbocycles. The van der Waals surface area contributed by atoms with Gasteiger partial charge in [-0.05, 0) is 55.9 Å². The molecule has 0 fully saturated rings. The highest BCUT2D eigenvalue weighted by atomic mass is 32.4. The summed E-state index contributed by atoms with van der Waals surface area (Å²) in [5.74, 6) is 1.44. The van der Waals surface area contributed by atoms with Gasteiger partial charge in [-0.25, -0.2) is 0 Å². The summed E-state index contributed by atoms with van der Waals surface area (Å²) >= 11 is 6.03. The van der Waals surface area contributed by atoms with E-state index in [4.69, 9.17) is 40.2 Å². The third-order valence-corrected chi connectivity index (χ3v) is 7.21. The summed E-state index contributed by atoms with van der Waals surface area (Å²) < 4.78 is 34.4. The van der Waals surface area contributed by atoms with Gasteiger partial charge in [0.05, 0.1) is 78.4 Å². The largest absolute Gasteiger partial charge is 0.494 e. The molecule has 35 heavy (non-hydrogen) atoms. The van der Waals surface area contributed by atoms with E-state index < -0.39 is 6.34 Å². The molecule has 0 spiro atoms. The van der Waals surface area contributed by atoms with Gasteiger partial charge in [0.25, 0.3) is 0 Å². The number of aryl methyl sites for hydroxylation is 2. The van der Waals surface area contributed by atoms with Crippen molar-refractivity contribution in [2.45, 2.75) is 27.1 Å². The molecule has 0 saturated heterocycles. The molecule has 1 aliphatic heterocycles. The first-order valence-electron chi connectivity index (χ1n) is 11.6. The lowest BCUT2D eigenvalue weighted by molar-refractivity contribution is -0.00647. The molecule has 10 heteroatoms. The van der Waals surface area contributed by atoms with Gasteiger partial charge in [0.15, 0.2) is 0 Å². The Labute approximate surface area is 213 Å². The quantitative estimate of drug-likeness (QED) is 0.535. The molecule has 4 bridgehead atoms. The highest BCUT2D eigenvalue weighted by Gasteiger charge is 2.20.